The number of esters is 2. The first kappa shape index (κ1) is 22.5. The first-order chi connectivity index (χ1) is 15.3. The van der Waals surface area contributed by atoms with Crippen LogP contribution in [0.3, 0.4) is 0 Å². The van der Waals surface area contributed by atoms with Crippen LogP contribution in [0.5, 0.6) is 11.5 Å². The van der Waals surface area contributed by atoms with Gasteiger partial charge in [0.2, 0.25) is 0 Å². The highest BCUT2D eigenvalue weighted by atomic mass is 16.6. The first-order valence-corrected chi connectivity index (χ1v) is 11.5. The molecule has 1 aliphatic carbocycles. The molecular weight excluding hydrogens is 428 g/mol. The van der Waals surface area contributed by atoms with Crippen molar-refractivity contribution in [2.24, 2.45) is 11.3 Å². The zero-order valence-electron chi connectivity index (χ0n) is 20.0. The monoisotopic (exact) mass is 460 g/mol. The molecule has 0 radical (unpaired) electrons. The van der Waals surface area contributed by atoms with Crippen LogP contribution in [-0.4, -0.2) is 52.2 Å². The highest BCUT2D eigenvalue weighted by Crippen LogP contribution is 2.64. The Bertz CT molecular complexity index is 1080. The molecule has 1 saturated heterocycles. The van der Waals surface area contributed by atoms with Gasteiger partial charge in [-0.1, -0.05) is 6.92 Å². The molecule has 2 N–H and O–H groups in total. The number of carbonyl (C=O) groups excluding carboxylic acids is 2. The van der Waals surface area contributed by atoms with E-state index >= 15 is 0 Å². The van der Waals surface area contributed by atoms with Gasteiger partial charge in [-0.3, -0.25) is 4.79 Å². The molecule has 180 valence electrons. The zero-order valence-corrected chi connectivity index (χ0v) is 20.0. The number of methoxy groups -OCH3 is 1. The van der Waals surface area contributed by atoms with Crippen molar-refractivity contribution in [3.63, 3.8) is 0 Å². The third kappa shape index (κ3) is 2.59. The van der Waals surface area contributed by atoms with Gasteiger partial charge in [-0.2, -0.15) is 0 Å². The molecule has 5 atom stereocenters. The Labute approximate surface area is 193 Å². The molecule has 0 unspecified atom stereocenters. The van der Waals surface area contributed by atoms with Gasteiger partial charge in [0.1, 0.15) is 40.5 Å². The maximum Gasteiger partial charge on any atom is 0.342 e. The molecule has 1 saturated carbocycles. The maximum atomic E-state index is 12.5. The molecule has 0 amide bonds. The minimum atomic E-state index is -1.70. The Hall–Kier alpha value is -2.32. The largest absolute Gasteiger partial charge is 0.495 e. The summed E-state index contributed by atoms with van der Waals surface area (Å²) in [5, 5.41) is 23.5. The molecular formula is C25H32O8. The number of hydrogen-bond acceptors (Lipinski definition) is 8. The third-order valence-corrected chi connectivity index (χ3v) is 8.96. The zero-order chi connectivity index (χ0) is 24.1. The second-order valence-corrected chi connectivity index (χ2v) is 11.0. The number of cyclic esters (lactones) is 2. The predicted molar refractivity (Wildman–Crippen MR) is 116 cm³/mol. The minimum Gasteiger partial charge on any atom is -0.495 e. The number of benzene rings is 1. The molecule has 2 fully saturated rings. The number of fused-ring (bicyclic) bond motifs is 5. The number of carbonyl (C=O) groups is 2. The van der Waals surface area contributed by atoms with Gasteiger partial charge in [-0.05, 0) is 46.1 Å². The summed E-state index contributed by atoms with van der Waals surface area (Å²) >= 11 is 0. The first-order valence-electron chi connectivity index (χ1n) is 11.5. The predicted octanol–water partition coefficient (Wildman–Crippen LogP) is 2.60. The Morgan fingerprint density at radius 1 is 1.09 bits per heavy atom. The summed E-state index contributed by atoms with van der Waals surface area (Å²) in [5.74, 6) is -0.0253. The van der Waals surface area contributed by atoms with Crippen molar-refractivity contribution in [1.82, 2.24) is 0 Å². The van der Waals surface area contributed by atoms with E-state index in [9.17, 15) is 19.8 Å². The molecule has 1 aromatic rings. The fourth-order valence-corrected chi connectivity index (χ4v) is 7.31. The van der Waals surface area contributed by atoms with Gasteiger partial charge < -0.3 is 29.2 Å². The van der Waals surface area contributed by atoms with E-state index in [-0.39, 0.29) is 25.4 Å². The van der Waals surface area contributed by atoms with Crippen molar-refractivity contribution in [2.75, 3.05) is 7.11 Å². The van der Waals surface area contributed by atoms with Crippen LogP contribution in [0.4, 0.5) is 0 Å². The summed E-state index contributed by atoms with van der Waals surface area (Å²) in [7, 11) is 1.52. The van der Waals surface area contributed by atoms with Gasteiger partial charge in [0.05, 0.1) is 13.2 Å². The molecule has 8 nitrogen and oxygen atoms in total. The van der Waals surface area contributed by atoms with Crippen LogP contribution in [0.2, 0.25) is 0 Å². The van der Waals surface area contributed by atoms with E-state index in [4.69, 9.17) is 18.9 Å². The molecule has 3 heterocycles. The number of rotatable bonds is 1. The van der Waals surface area contributed by atoms with Gasteiger partial charge in [0.15, 0.2) is 0 Å². The quantitative estimate of drug-likeness (QED) is 0.615. The van der Waals surface area contributed by atoms with Gasteiger partial charge >= 0.3 is 11.9 Å². The Kier molecular flexibility index (Phi) is 4.51. The number of aliphatic hydroxyl groups is 2. The third-order valence-electron chi connectivity index (χ3n) is 8.96. The molecule has 4 aliphatic rings. The average Bonchev–Trinajstić information content (AvgIpc) is 3.09. The lowest BCUT2D eigenvalue weighted by molar-refractivity contribution is -0.302. The van der Waals surface area contributed by atoms with Crippen molar-refractivity contribution in [3.05, 3.63) is 22.3 Å². The second kappa shape index (κ2) is 6.63. The van der Waals surface area contributed by atoms with Crippen molar-refractivity contribution < 1.29 is 38.7 Å². The van der Waals surface area contributed by atoms with Gasteiger partial charge in [0.25, 0.3) is 0 Å². The molecule has 3 aliphatic heterocycles. The van der Waals surface area contributed by atoms with Crippen molar-refractivity contribution in [2.45, 2.75) is 89.8 Å². The van der Waals surface area contributed by atoms with E-state index in [1.54, 1.807) is 13.8 Å². The lowest BCUT2D eigenvalue weighted by Crippen LogP contribution is -2.76. The van der Waals surface area contributed by atoms with Crippen LogP contribution < -0.4 is 9.47 Å². The number of hydrogen-bond donors (Lipinski definition) is 2. The summed E-state index contributed by atoms with van der Waals surface area (Å²) < 4.78 is 23.3. The number of ether oxygens (including phenoxy) is 4. The Morgan fingerprint density at radius 3 is 2.45 bits per heavy atom. The minimum absolute atomic E-state index is 0.126. The summed E-state index contributed by atoms with van der Waals surface area (Å²) in [5.41, 5.74) is -1.98. The van der Waals surface area contributed by atoms with Crippen molar-refractivity contribution >= 4 is 11.9 Å². The second-order valence-electron chi connectivity index (χ2n) is 11.0. The lowest BCUT2D eigenvalue weighted by atomic mass is 9.46. The highest BCUT2D eigenvalue weighted by molar-refractivity contribution is 5.98. The van der Waals surface area contributed by atoms with Crippen LogP contribution in [0.15, 0.2) is 0 Å². The molecule has 0 aromatic heterocycles. The number of aliphatic hydroxyl groups excluding tert-OH is 1. The topological polar surface area (TPSA) is 112 Å². The molecule has 8 heteroatoms. The van der Waals surface area contributed by atoms with E-state index in [0.717, 1.165) is 16.7 Å². The van der Waals surface area contributed by atoms with Crippen molar-refractivity contribution in [1.29, 1.82) is 0 Å². The van der Waals surface area contributed by atoms with Crippen molar-refractivity contribution in [3.8, 4) is 11.5 Å². The Balaban J connectivity index is 1.73. The smallest absolute Gasteiger partial charge is 0.342 e. The van der Waals surface area contributed by atoms with Gasteiger partial charge in [0, 0.05) is 35.3 Å². The summed E-state index contributed by atoms with van der Waals surface area (Å²) in [6.07, 6.45) is -0.102. The highest BCUT2D eigenvalue weighted by Gasteiger charge is 2.73. The normalized spacial score (nSPS) is 38.5. The lowest BCUT2D eigenvalue weighted by Gasteiger charge is -2.65. The van der Waals surface area contributed by atoms with Gasteiger partial charge in [-0.25, -0.2) is 4.79 Å². The molecule has 1 aromatic carbocycles. The van der Waals surface area contributed by atoms with E-state index in [2.05, 4.69) is 0 Å². The van der Waals surface area contributed by atoms with Crippen LogP contribution >= 0.6 is 0 Å². The molecule has 33 heavy (non-hydrogen) atoms. The summed E-state index contributed by atoms with van der Waals surface area (Å²) in [4.78, 5) is 25.0. The summed E-state index contributed by atoms with van der Waals surface area (Å²) in [6, 6.07) is 0. The molecule has 5 rings (SSSR count). The summed E-state index contributed by atoms with van der Waals surface area (Å²) in [6.45, 7) is 9.26. The van der Waals surface area contributed by atoms with E-state index in [0.29, 0.717) is 29.9 Å². The SMILES string of the molecule is COc1c2c(c(C)c3c1C(=O)OC3)O[C@]1(C)C[C@H](O)[C@]3(O)C(C)(C)OC(=O)CC[C@@]3(C)[C@H]1C2. The van der Waals surface area contributed by atoms with Crippen LogP contribution in [0, 0.1) is 18.3 Å². The van der Waals surface area contributed by atoms with E-state index in [1.165, 1.54) is 7.11 Å². The molecule has 0 spiro atoms. The average molecular weight is 461 g/mol. The van der Waals surface area contributed by atoms with Gasteiger partial charge in [-0.15, -0.1) is 0 Å². The Morgan fingerprint density at radius 2 is 1.79 bits per heavy atom. The van der Waals surface area contributed by atoms with Crippen LogP contribution in [-0.2, 0) is 27.3 Å². The van der Waals surface area contributed by atoms with Crippen LogP contribution in [0.25, 0.3) is 0 Å². The fraction of sp³-hybridized carbons (Fsp3) is 0.680. The molecule has 0 bridgehead atoms. The van der Waals surface area contributed by atoms with E-state index < -0.39 is 40.3 Å². The maximum absolute atomic E-state index is 12.5. The fourth-order valence-electron chi connectivity index (χ4n) is 7.31. The standard InChI is InChI=1S/C25H32O8/c1-12-14-11-31-21(28)18(14)20(30-6)13-9-15-23(4)8-7-17(27)32-22(2,3)25(23,29)16(26)10-24(15,5)33-19(12)13/h15-16,26,29H,7-11H2,1-6H3/t15-,16+,23+,24-,25+/m1/s1. The van der Waals surface area contributed by atoms with Crippen LogP contribution in [0.1, 0.15) is 74.0 Å². The van der Waals surface area contributed by atoms with E-state index in [1.807, 2.05) is 20.8 Å².